The number of fused-ring (bicyclic) bond motifs is 1. The molecule has 22 heavy (non-hydrogen) atoms. The molecule has 0 aromatic carbocycles. The number of nitrogen functional groups attached to an aromatic ring is 1. The number of hydrogen-bond donors (Lipinski definition) is 2. The van der Waals surface area contributed by atoms with Crippen molar-refractivity contribution in [2.24, 2.45) is 0 Å². The lowest BCUT2D eigenvalue weighted by Gasteiger charge is -2.22. The molecule has 3 rings (SSSR count). The predicted molar refractivity (Wildman–Crippen MR) is 81.4 cm³/mol. The molecule has 8 nitrogen and oxygen atoms in total. The number of methoxy groups -OCH3 is 2. The van der Waals surface area contributed by atoms with Gasteiger partial charge in [0.15, 0.2) is 11.9 Å². The van der Waals surface area contributed by atoms with Crippen LogP contribution in [-0.2, 0) is 14.2 Å². The number of nitrogens with zero attached hydrogens (tertiary/aromatic N) is 3. The van der Waals surface area contributed by atoms with E-state index in [0.717, 1.165) is 0 Å². The van der Waals surface area contributed by atoms with Crippen molar-refractivity contribution in [3.8, 4) is 0 Å². The zero-order valence-electron chi connectivity index (χ0n) is 12.9. The first-order valence-electron chi connectivity index (χ1n) is 7.12. The van der Waals surface area contributed by atoms with E-state index < -0.39 is 0 Å². The van der Waals surface area contributed by atoms with Gasteiger partial charge in [0, 0.05) is 20.4 Å². The molecule has 0 bridgehead atoms. The summed E-state index contributed by atoms with van der Waals surface area (Å²) < 4.78 is 18.9. The van der Waals surface area contributed by atoms with Crippen LogP contribution in [0, 0.1) is 0 Å². The van der Waals surface area contributed by atoms with Crippen molar-refractivity contribution in [3.05, 3.63) is 18.6 Å². The Labute approximate surface area is 128 Å². The van der Waals surface area contributed by atoms with Crippen LogP contribution in [0.25, 0.3) is 11.2 Å². The van der Waals surface area contributed by atoms with Gasteiger partial charge < -0.3 is 25.3 Å². The molecule has 1 aliphatic heterocycles. The highest BCUT2D eigenvalue weighted by Crippen LogP contribution is 2.33. The zero-order chi connectivity index (χ0) is 15.7. The maximum absolute atomic E-state index is 6.13. The van der Waals surface area contributed by atoms with Crippen LogP contribution in [0.15, 0.2) is 18.6 Å². The second-order valence-electron chi connectivity index (χ2n) is 5.26. The van der Waals surface area contributed by atoms with Crippen LogP contribution in [0.3, 0.4) is 0 Å². The van der Waals surface area contributed by atoms with Crippen molar-refractivity contribution in [2.75, 3.05) is 33.6 Å². The molecule has 1 saturated heterocycles. The number of hydrogen-bond acceptors (Lipinski definition) is 7. The van der Waals surface area contributed by atoms with Crippen LogP contribution < -0.4 is 11.1 Å². The smallest absolute Gasteiger partial charge is 0.165 e. The number of anilines is 1. The van der Waals surface area contributed by atoms with E-state index in [9.17, 15) is 0 Å². The predicted octanol–water partition coefficient (Wildman–Crippen LogP) is 0.160. The van der Waals surface area contributed by atoms with Gasteiger partial charge in [-0.2, -0.15) is 0 Å². The number of aromatic nitrogens is 3. The summed E-state index contributed by atoms with van der Waals surface area (Å²) in [5, 5.41) is 3.24. The lowest BCUT2D eigenvalue weighted by Crippen LogP contribution is -2.44. The standard InChI is InChI=1S/C14H21N5O3/c1-16-11-9(6-20-2)22-14(12(11)21-3)19-7-18-10-8(15)4-5-17-13(10)19/h4-5,7,9,11-12,14,16H,6H2,1-3H3,(H2,15,17)/t9-,11?,12?,14-/m1/s1. The number of nitrogens with two attached hydrogens (primary N) is 1. The van der Waals surface area contributed by atoms with E-state index in [4.69, 9.17) is 19.9 Å². The van der Waals surface area contributed by atoms with Gasteiger partial charge >= 0.3 is 0 Å². The number of rotatable bonds is 5. The lowest BCUT2D eigenvalue weighted by atomic mass is 10.1. The van der Waals surface area contributed by atoms with E-state index in [1.54, 1.807) is 32.8 Å². The molecule has 120 valence electrons. The van der Waals surface area contributed by atoms with E-state index in [1.807, 2.05) is 11.6 Å². The third-order valence-corrected chi connectivity index (χ3v) is 4.05. The number of pyridine rings is 1. The van der Waals surface area contributed by atoms with Gasteiger partial charge in [0.1, 0.15) is 17.7 Å². The Morgan fingerprint density at radius 2 is 2.23 bits per heavy atom. The fourth-order valence-corrected chi connectivity index (χ4v) is 3.01. The molecule has 2 aromatic heterocycles. The summed E-state index contributed by atoms with van der Waals surface area (Å²) in [6, 6.07) is 1.74. The highest BCUT2D eigenvalue weighted by Gasteiger charge is 2.45. The van der Waals surface area contributed by atoms with Crippen molar-refractivity contribution in [1.29, 1.82) is 0 Å². The van der Waals surface area contributed by atoms with E-state index in [2.05, 4.69) is 15.3 Å². The SMILES string of the molecule is CNC1C(OC)[C@H](n2cnc3c(N)ccnc32)O[C@@H]1COC. The molecular formula is C14H21N5O3. The summed E-state index contributed by atoms with van der Waals surface area (Å²) in [4.78, 5) is 8.71. The molecule has 1 fully saturated rings. The van der Waals surface area contributed by atoms with Gasteiger partial charge in [0.25, 0.3) is 0 Å². The molecule has 3 heterocycles. The van der Waals surface area contributed by atoms with Crippen LogP contribution in [-0.4, -0.2) is 60.7 Å². The molecule has 2 aromatic rings. The van der Waals surface area contributed by atoms with Crippen LogP contribution in [0.2, 0.25) is 0 Å². The van der Waals surface area contributed by atoms with Crippen molar-refractivity contribution in [2.45, 2.75) is 24.5 Å². The van der Waals surface area contributed by atoms with Gasteiger partial charge in [-0.3, -0.25) is 4.57 Å². The Hall–Kier alpha value is -1.74. The summed E-state index contributed by atoms with van der Waals surface area (Å²) in [7, 11) is 5.20. The number of nitrogens with one attached hydrogen (secondary N) is 1. The molecule has 3 N–H and O–H groups in total. The molecule has 0 radical (unpaired) electrons. The number of likely N-dealkylation sites (N-methyl/N-ethyl adjacent to an activating group) is 1. The lowest BCUT2D eigenvalue weighted by molar-refractivity contribution is -0.0626. The minimum absolute atomic E-state index is 0.00783. The van der Waals surface area contributed by atoms with Gasteiger partial charge in [-0.05, 0) is 13.1 Å². The van der Waals surface area contributed by atoms with Crippen LogP contribution in [0.1, 0.15) is 6.23 Å². The van der Waals surface area contributed by atoms with Crippen molar-refractivity contribution in [1.82, 2.24) is 19.9 Å². The molecule has 2 unspecified atom stereocenters. The number of ether oxygens (including phenoxy) is 3. The zero-order valence-corrected chi connectivity index (χ0v) is 12.9. The van der Waals surface area contributed by atoms with E-state index in [0.29, 0.717) is 23.5 Å². The maximum atomic E-state index is 6.13. The van der Waals surface area contributed by atoms with Crippen LogP contribution in [0.5, 0.6) is 0 Å². The summed E-state index contributed by atoms with van der Waals surface area (Å²) >= 11 is 0. The van der Waals surface area contributed by atoms with Gasteiger partial charge in [0.2, 0.25) is 0 Å². The van der Waals surface area contributed by atoms with Gasteiger partial charge in [-0.25, -0.2) is 9.97 Å². The molecular weight excluding hydrogens is 286 g/mol. The highest BCUT2D eigenvalue weighted by molar-refractivity contribution is 5.83. The first-order chi connectivity index (χ1) is 10.7. The average Bonchev–Trinajstić information content (AvgIpc) is 3.09. The molecule has 0 aliphatic carbocycles. The minimum Gasteiger partial charge on any atom is -0.397 e. The minimum atomic E-state index is -0.345. The second kappa shape index (κ2) is 6.17. The third-order valence-electron chi connectivity index (χ3n) is 4.05. The van der Waals surface area contributed by atoms with Gasteiger partial charge in [-0.15, -0.1) is 0 Å². The molecule has 1 aliphatic rings. The Morgan fingerprint density at radius 1 is 1.41 bits per heavy atom. The van der Waals surface area contributed by atoms with Crippen molar-refractivity contribution < 1.29 is 14.2 Å². The third kappa shape index (κ3) is 2.34. The van der Waals surface area contributed by atoms with Crippen LogP contribution >= 0.6 is 0 Å². The van der Waals surface area contributed by atoms with Crippen molar-refractivity contribution >= 4 is 16.9 Å². The average molecular weight is 307 g/mol. The van der Waals surface area contributed by atoms with Crippen LogP contribution in [0.4, 0.5) is 5.69 Å². The van der Waals surface area contributed by atoms with Crippen molar-refractivity contribution in [3.63, 3.8) is 0 Å². The summed E-state index contributed by atoms with van der Waals surface area (Å²) in [6.07, 6.45) is 2.69. The van der Waals surface area contributed by atoms with Gasteiger partial charge in [0.05, 0.1) is 24.7 Å². The molecule has 0 saturated carbocycles. The topological polar surface area (TPSA) is 96.5 Å². The highest BCUT2D eigenvalue weighted by atomic mass is 16.6. The van der Waals surface area contributed by atoms with E-state index in [1.165, 1.54) is 0 Å². The van der Waals surface area contributed by atoms with E-state index >= 15 is 0 Å². The second-order valence-corrected chi connectivity index (χ2v) is 5.26. The molecule has 0 spiro atoms. The summed E-state index contributed by atoms with van der Waals surface area (Å²) in [5.74, 6) is 0. The largest absolute Gasteiger partial charge is 0.397 e. The Balaban J connectivity index is 2.00. The van der Waals surface area contributed by atoms with E-state index in [-0.39, 0.29) is 24.5 Å². The first kappa shape index (κ1) is 15.2. The normalized spacial score (nSPS) is 28.5. The molecule has 8 heteroatoms. The Bertz CT molecular complexity index is 646. The van der Waals surface area contributed by atoms with Gasteiger partial charge in [-0.1, -0.05) is 0 Å². The fraction of sp³-hybridized carbons (Fsp3) is 0.571. The molecule has 4 atom stereocenters. The quantitative estimate of drug-likeness (QED) is 0.812. The number of imidazole rings is 1. The maximum Gasteiger partial charge on any atom is 0.165 e. The fourth-order valence-electron chi connectivity index (χ4n) is 3.01. The first-order valence-corrected chi connectivity index (χ1v) is 7.12. The summed E-state index contributed by atoms with van der Waals surface area (Å²) in [6.45, 7) is 0.476. The Kier molecular flexibility index (Phi) is 4.25. The Morgan fingerprint density at radius 3 is 2.91 bits per heavy atom. The molecule has 0 amide bonds. The monoisotopic (exact) mass is 307 g/mol. The summed E-state index contributed by atoms with van der Waals surface area (Å²) in [5.41, 5.74) is 7.88.